The van der Waals surface area contributed by atoms with E-state index in [9.17, 15) is 19.2 Å². The van der Waals surface area contributed by atoms with Crippen LogP contribution in [0.4, 0.5) is 5.69 Å². The highest BCUT2D eigenvalue weighted by molar-refractivity contribution is 6.38. The lowest BCUT2D eigenvalue weighted by atomic mass is 9.98. The Morgan fingerprint density at radius 2 is 1.85 bits per heavy atom. The number of hydrogen-bond donors (Lipinski definition) is 1. The van der Waals surface area contributed by atoms with Crippen LogP contribution in [0, 0.1) is 0 Å². The normalized spacial score (nSPS) is 19.3. The van der Waals surface area contributed by atoms with Crippen LogP contribution in [0.25, 0.3) is 0 Å². The van der Waals surface area contributed by atoms with Crippen molar-refractivity contribution in [2.24, 2.45) is 0 Å². The molecule has 1 saturated heterocycles. The lowest BCUT2D eigenvalue weighted by Gasteiger charge is -2.39. The zero-order valence-electron chi connectivity index (χ0n) is 19.4. The molecule has 1 fully saturated rings. The van der Waals surface area contributed by atoms with Gasteiger partial charge in [0.15, 0.2) is 0 Å². The van der Waals surface area contributed by atoms with Crippen LogP contribution in [0.3, 0.4) is 0 Å². The number of nitrogens with zero attached hydrogens (tertiary/aromatic N) is 4. The zero-order valence-corrected chi connectivity index (χ0v) is 19.4. The van der Waals surface area contributed by atoms with Crippen LogP contribution in [0.2, 0.25) is 0 Å². The molecule has 10 nitrogen and oxygen atoms in total. The largest absolute Gasteiger partial charge is 0.382 e. The smallest absolute Gasteiger partial charge is 0.291 e. The number of benzene rings is 1. The van der Waals surface area contributed by atoms with Crippen LogP contribution in [-0.2, 0) is 14.4 Å². The van der Waals surface area contributed by atoms with Crippen LogP contribution in [-0.4, -0.2) is 89.7 Å². The molecule has 0 aliphatic carbocycles. The van der Waals surface area contributed by atoms with E-state index >= 15 is 0 Å². The van der Waals surface area contributed by atoms with Crippen molar-refractivity contribution < 1.29 is 24.0 Å². The number of hydroxylamine groups is 2. The molecule has 2 aliphatic rings. The summed E-state index contributed by atoms with van der Waals surface area (Å²) < 4.78 is 0. The first kappa shape index (κ1) is 23.4. The number of ketones is 1. The zero-order chi connectivity index (χ0) is 24.4. The summed E-state index contributed by atoms with van der Waals surface area (Å²) in [4.78, 5) is 64.1. The summed E-state index contributed by atoms with van der Waals surface area (Å²) in [6.45, 7) is 2.95. The van der Waals surface area contributed by atoms with Gasteiger partial charge < -0.3 is 15.1 Å². The monoisotopic (exact) mass is 465 g/mol. The number of carbonyl (C=O) groups excluding carboxylic acids is 4. The van der Waals surface area contributed by atoms with Crippen LogP contribution < -0.4 is 5.32 Å². The molecule has 3 amide bonds. The van der Waals surface area contributed by atoms with Crippen LogP contribution >= 0.6 is 0 Å². The molecule has 178 valence electrons. The van der Waals surface area contributed by atoms with E-state index in [1.807, 2.05) is 25.1 Å². The number of amides is 3. The van der Waals surface area contributed by atoms with E-state index < -0.39 is 17.6 Å². The minimum Gasteiger partial charge on any atom is -0.382 e. The fraction of sp³-hybridized carbons (Fsp3) is 0.375. The fourth-order valence-electron chi connectivity index (χ4n) is 4.37. The van der Waals surface area contributed by atoms with Gasteiger partial charge in [0, 0.05) is 51.0 Å². The van der Waals surface area contributed by atoms with Gasteiger partial charge in [0.1, 0.15) is 0 Å². The second-order valence-electron chi connectivity index (χ2n) is 8.37. The van der Waals surface area contributed by atoms with E-state index in [2.05, 4.69) is 10.3 Å². The molecular formula is C24H27N5O5. The SMILES string of the molecule is CON(C)C(=O)c1ccnc2c1NCC2C(=O)C(=O)N1CCN(C(=O)c2ccccc2)C[C@H]1C. The van der Waals surface area contributed by atoms with Crippen molar-refractivity contribution in [2.75, 3.05) is 45.7 Å². The molecule has 2 aromatic rings. The van der Waals surface area contributed by atoms with Gasteiger partial charge in [0.05, 0.1) is 30.0 Å². The summed E-state index contributed by atoms with van der Waals surface area (Å²) >= 11 is 0. The van der Waals surface area contributed by atoms with Crippen LogP contribution in [0.5, 0.6) is 0 Å². The highest BCUT2D eigenvalue weighted by Crippen LogP contribution is 2.34. The molecule has 1 N–H and O–H groups in total. The first-order chi connectivity index (χ1) is 16.3. The summed E-state index contributed by atoms with van der Waals surface area (Å²) in [5.74, 6) is -2.47. The van der Waals surface area contributed by atoms with Gasteiger partial charge in [-0.15, -0.1) is 0 Å². The van der Waals surface area contributed by atoms with Gasteiger partial charge in [0.25, 0.3) is 17.7 Å². The van der Waals surface area contributed by atoms with Crippen molar-refractivity contribution >= 4 is 29.2 Å². The maximum Gasteiger partial charge on any atom is 0.291 e. The molecule has 4 rings (SSSR count). The number of hydrogen-bond acceptors (Lipinski definition) is 7. The lowest BCUT2D eigenvalue weighted by molar-refractivity contribution is -0.148. The summed E-state index contributed by atoms with van der Waals surface area (Å²) in [6, 6.07) is 10.2. The summed E-state index contributed by atoms with van der Waals surface area (Å²) in [5, 5.41) is 4.14. The molecule has 10 heteroatoms. The standard InChI is InChI=1S/C24H27N5O5/c1-15-14-28(22(31)16-7-5-4-6-8-16)11-12-29(15)24(33)21(30)18-13-26-19-17(9-10-25-20(18)19)23(32)27(2)34-3/h4-10,15,18,26H,11-14H2,1-3H3/t15-,18?/m1/s1. The van der Waals surface area contributed by atoms with Gasteiger partial charge in [-0.2, -0.15) is 0 Å². The Balaban J connectivity index is 1.46. The van der Waals surface area contributed by atoms with E-state index in [1.54, 1.807) is 23.1 Å². The number of fused-ring (bicyclic) bond motifs is 1. The molecule has 1 unspecified atom stereocenters. The third kappa shape index (κ3) is 4.24. The summed E-state index contributed by atoms with van der Waals surface area (Å²) in [5.41, 5.74) is 1.72. The third-order valence-corrected chi connectivity index (χ3v) is 6.31. The molecule has 34 heavy (non-hydrogen) atoms. The Labute approximate surface area is 197 Å². The molecule has 1 aromatic carbocycles. The van der Waals surface area contributed by atoms with Crippen LogP contribution in [0.15, 0.2) is 42.6 Å². The molecule has 0 bridgehead atoms. The number of aromatic nitrogens is 1. The van der Waals surface area contributed by atoms with Gasteiger partial charge >= 0.3 is 0 Å². The predicted molar refractivity (Wildman–Crippen MR) is 123 cm³/mol. The highest BCUT2D eigenvalue weighted by Gasteiger charge is 2.40. The molecule has 1 aromatic heterocycles. The third-order valence-electron chi connectivity index (χ3n) is 6.31. The Morgan fingerprint density at radius 1 is 1.12 bits per heavy atom. The van der Waals surface area contributed by atoms with Gasteiger partial charge in [-0.3, -0.25) is 29.0 Å². The van der Waals surface area contributed by atoms with Crippen molar-refractivity contribution in [3.8, 4) is 0 Å². The molecule has 2 atom stereocenters. The second kappa shape index (κ2) is 9.60. The molecule has 3 heterocycles. The highest BCUT2D eigenvalue weighted by atomic mass is 16.7. The number of pyridine rings is 1. The molecule has 0 spiro atoms. The van der Waals surface area contributed by atoms with E-state index in [4.69, 9.17) is 4.84 Å². The predicted octanol–water partition coefficient (Wildman–Crippen LogP) is 1.17. The van der Waals surface area contributed by atoms with Crippen molar-refractivity contribution in [2.45, 2.75) is 18.9 Å². The average molecular weight is 466 g/mol. The molecule has 2 aliphatic heterocycles. The number of Topliss-reactive ketones (excluding diaryl/α,β-unsaturated/α-hetero) is 1. The number of nitrogens with one attached hydrogen (secondary N) is 1. The van der Waals surface area contributed by atoms with Crippen molar-refractivity contribution in [3.63, 3.8) is 0 Å². The first-order valence-electron chi connectivity index (χ1n) is 11.1. The minimum absolute atomic E-state index is 0.0952. The second-order valence-corrected chi connectivity index (χ2v) is 8.37. The van der Waals surface area contributed by atoms with Crippen molar-refractivity contribution in [1.82, 2.24) is 19.8 Å². The topological polar surface area (TPSA) is 112 Å². The Kier molecular flexibility index (Phi) is 6.60. The van der Waals surface area contributed by atoms with E-state index in [0.29, 0.717) is 35.6 Å². The number of carbonyl (C=O) groups is 4. The molecule has 0 radical (unpaired) electrons. The maximum atomic E-state index is 13.2. The quantitative estimate of drug-likeness (QED) is 0.521. The molecule has 0 saturated carbocycles. The number of piperazine rings is 1. The van der Waals surface area contributed by atoms with E-state index in [-0.39, 0.29) is 30.9 Å². The van der Waals surface area contributed by atoms with E-state index in [0.717, 1.165) is 5.06 Å². The Hall–Kier alpha value is -3.79. The summed E-state index contributed by atoms with van der Waals surface area (Å²) in [7, 11) is 2.87. The van der Waals surface area contributed by atoms with Gasteiger partial charge in [-0.1, -0.05) is 18.2 Å². The van der Waals surface area contributed by atoms with Crippen molar-refractivity contribution in [3.05, 3.63) is 59.4 Å². The van der Waals surface area contributed by atoms with Gasteiger partial charge in [-0.05, 0) is 25.1 Å². The van der Waals surface area contributed by atoms with Gasteiger partial charge in [-0.25, -0.2) is 5.06 Å². The maximum absolute atomic E-state index is 13.2. The fourth-order valence-corrected chi connectivity index (χ4v) is 4.37. The Bertz CT molecular complexity index is 1120. The number of rotatable bonds is 5. The van der Waals surface area contributed by atoms with Crippen LogP contribution in [0.1, 0.15) is 39.3 Å². The molecular weight excluding hydrogens is 438 g/mol. The Morgan fingerprint density at radius 3 is 2.53 bits per heavy atom. The first-order valence-corrected chi connectivity index (χ1v) is 11.1. The van der Waals surface area contributed by atoms with Crippen molar-refractivity contribution in [1.29, 1.82) is 0 Å². The lowest BCUT2D eigenvalue weighted by Crippen LogP contribution is -2.57. The average Bonchev–Trinajstić information content (AvgIpc) is 3.31. The number of anilines is 1. The van der Waals surface area contributed by atoms with E-state index in [1.165, 1.54) is 25.3 Å². The van der Waals surface area contributed by atoms with Gasteiger partial charge in [0.2, 0.25) is 5.78 Å². The minimum atomic E-state index is -0.792. The summed E-state index contributed by atoms with van der Waals surface area (Å²) in [6.07, 6.45) is 1.45.